The molecule has 1 aliphatic carbocycles. The van der Waals surface area contributed by atoms with Crippen molar-refractivity contribution in [3.8, 4) is 11.1 Å². The van der Waals surface area contributed by atoms with Crippen LogP contribution >= 0.6 is 0 Å². The number of fused-ring (bicyclic) bond motifs is 3. The Balaban J connectivity index is 1.73. The maximum atomic E-state index is 12.7. The fourth-order valence-electron chi connectivity index (χ4n) is 3.97. The topological polar surface area (TPSA) is 64.6 Å². The van der Waals surface area contributed by atoms with E-state index < -0.39 is 12.0 Å². The highest BCUT2D eigenvalue weighted by molar-refractivity contribution is 5.90. The number of nitrogens with one attached hydrogen (secondary N) is 1. The molecule has 0 radical (unpaired) electrons. The molecule has 1 fully saturated rings. The van der Waals surface area contributed by atoms with E-state index in [1.54, 1.807) is 0 Å². The number of carbonyl (C=O) groups excluding carboxylic acids is 2. The van der Waals surface area contributed by atoms with Crippen molar-refractivity contribution in [2.24, 2.45) is 5.92 Å². The van der Waals surface area contributed by atoms with Crippen molar-refractivity contribution in [3.05, 3.63) is 59.7 Å². The molecule has 2 aliphatic rings. The third-order valence-corrected chi connectivity index (χ3v) is 5.27. The predicted octanol–water partition coefficient (Wildman–Crippen LogP) is 2.49. The van der Waals surface area contributed by atoms with Crippen LogP contribution in [-0.2, 0) is 19.1 Å². The molecule has 5 heteroatoms. The average molecular weight is 351 g/mol. The molecular weight excluding hydrogens is 330 g/mol. The third kappa shape index (κ3) is 2.78. The fourth-order valence-corrected chi connectivity index (χ4v) is 3.97. The van der Waals surface area contributed by atoms with Crippen LogP contribution in [0.25, 0.3) is 11.1 Å². The lowest BCUT2D eigenvalue weighted by Crippen LogP contribution is -2.47. The molecule has 4 rings (SSSR count). The van der Waals surface area contributed by atoms with Gasteiger partial charge in [0.05, 0.1) is 19.6 Å². The van der Waals surface area contributed by atoms with Gasteiger partial charge in [-0.2, -0.15) is 0 Å². The first-order chi connectivity index (χ1) is 12.7. The number of amides is 1. The highest BCUT2D eigenvalue weighted by Gasteiger charge is 2.40. The van der Waals surface area contributed by atoms with Gasteiger partial charge in [-0.25, -0.2) is 4.79 Å². The number of methoxy groups -OCH3 is 1. The number of benzene rings is 2. The summed E-state index contributed by atoms with van der Waals surface area (Å²) in [6.45, 7) is 0.980. The number of ether oxygens (including phenoxy) is 2. The van der Waals surface area contributed by atoms with Crippen LogP contribution in [0.2, 0.25) is 0 Å². The van der Waals surface area contributed by atoms with Gasteiger partial charge >= 0.3 is 5.97 Å². The van der Waals surface area contributed by atoms with Crippen molar-refractivity contribution in [3.63, 3.8) is 0 Å². The minimum Gasteiger partial charge on any atom is -0.467 e. The normalized spacial score (nSPS) is 19.5. The van der Waals surface area contributed by atoms with Crippen molar-refractivity contribution < 1.29 is 19.1 Å². The van der Waals surface area contributed by atoms with Gasteiger partial charge in [0.1, 0.15) is 6.04 Å². The van der Waals surface area contributed by atoms with Gasteiger partial charge in [-0.05, 0) is 28.7 Å². The number of rotatable bonds is 4. The molecular formula is C21H21NO4. The van der Waals surface area contributed by atoms with Crippen molar-refractivity contribution in [2.75, 3.05) is 20.3 Å². The van der Waals surface area contributed by atoms with E-state index in [2.05, 4.69) is 17.4 Å². The number of esters is 1. The second-order valence-corrected chi connectivity index (χ2v) is 6.72. The number of hydrogen-bond acceptors (Lipinski definition) is 4. The van der Waals surface area contributed by atoms with Crippen LogP contribution in [0, 0.1) is 5.92 Å². The van der Waals surface area contributed by atoms with E-state index in [1.165, 1.54) is 7.11 Å². The molecule has 0 bridgehead atoms. The van der Waals surface area contributed by atoms with E-state index in [0.717, 1.165) is 22.3 Å². The predicted molar refractivity (Wildman–Crippen MR) is 96.6 cm³/mol. The van der Waals surface area contributed by atoms with Gasteiger partial charge in [0, 0.05) is 12.5 Å². The van der Waals surface area contributed by atoms with Gasteiger partial charge in [0.2, 0.25) is 5.91 Å². The van der Waals surface area contributed by atoms with Gasteiger partial charge in [-0.3, -0.25) is 4.79 Å². The number of hydrogen-bond donors (Lipinski definition) is 1. The molecule has 0 spiro atoms. The first kappa shape index (κ1) is 16.8. The lowest BCUT2D eigenvalue weighted by atomic mass is 9.88. The molecule has 1 saturated heterocycles. The molecule has 5 nitrogen and oxygen atoms in total. The average Bonchev–Trinajstić information content (AvgIpc) is 3.32. The molecule has 2 aromatic carbocycles. The summed E-state index contributed by atoms with van der Waals surface area (Å²) >= 11 is 0. The van der Waals surface area contributed by atoms with Crippen LogP contribution in [0.15, 0.2) is 48.5 Å². The van der Waals surface area contributed by atoms with E-state index in [4.69, 9.17) is 9.47 Å². The van der Waals surface area contributed by atoms with Gasteiger partial charge in [-0.1, -0.05) is 48.5 Å². The minimum atomic E-state index is -0.766. The van der Waals surface area contributed by atoms with Crippen LogP contribution < -0.4 is 5.32 Å². The van der Waals surface area contributed by atoms with Gasteiger partial charge in [0.15, 0.2) is 0 Å². The molecule has 1 aliphatic heterocycles. The van der Waals surface area contributed by atoms with E-state index >= 15 is 0 Å². The quantitative estimate of drug-likeness (QED) is 0.860. The summed E-state index contributed by atoms with van der Waals surface area (Å²) < 4.78 is 10.3. The summed E-state index contributed by atoms with van der Waals surface area (Å²) in [5.74, 6) is -1.07. The van der Waals surface area contributed by atoms with Crippen molar-refractivity contribution in [1.82, 2.24) is 5.32 Å². The van der Waals surface area contributed by atoms with Crippen LogP contribution in [0.5, 0.6) is 0 Å². The van der Waals surface area contributed by atoms with Crippen molar-refractivity contribution in [1.29, 1.82) is 0 Å². The van der Waals surface area contributed by atoms with E-state index in [-0.39, 0.29) is 17.7 Å². The van der Waals surface area contributed by atoms with Crippen LogP contribution in [0.1, 0.15) is 23.5 Å². The molecule has 1 N–H and O–H groups in total. The van der Waals surface area contributed by atoms with E-state index in [1.807, 2.05) is 36.4 Å². The Morgan fingerprint density at radius 2 is 1.69 bits per heavy atom. The first-order valence-electron chi connectivity index (χ1n) is 8.85. The third-order valence-electron chi connectivity index (χ3n) is 5.27. The second-order valence-electron chi connectivity index (χ2n) is 6.72. The van der Waals surface area contributed by atoms with Gasteiger partial charge in [0.25, 0.3) is 0 Å². The molecule has 2 atom stereocenters. The minimum absolute atomic E-state index is 0.153. The smallest absolute Gasteiger partial charge is 0.329 e. The van der Waals surface area contributed by atoms with E-state index in [9.17, 15) is 9.59 Å². The molecule has 1 amide bonds. The maximum Gasteiger partial charge on any atom is 0.329 e. The SMILES string of the molecule is COC(=O)[C@H](NC(=O)[C@@H]1CCOC1)C1c2ccccc2-c2ccccc21. The molecule has 0 aromatic heterocycles. The lowest BCUT2D eigenvalue weighted by Gasteiger charge is -2.25. The Kier molecular flexibility index (Phi) is 4.47. The molecule has 2 aromatic rings. The highest BCUT2D eigenvalue weighted by Crippen LogP contribution is 2.46. The summed E-state index contributed by atoms with van der Waals surface area (Å²) in [5, 5.41) is 2.94. The zero-order chi connectivity index (χ0) is 18.1. The monoisotopic (exact) mass is 351 g/mol. The molecule has 1 heterocycles. The molecule has 0 unspecified atom stereocenters. The van der Waals surface area contributed by atoms with Crippen molar-refractivity contribution >= 4 is 11.9 Å². The largest absolute Gasteiger partial charge is 0.467 e. The van der Waals surface area contributed by atoms with Gasteiger partial charge in [-0.15, -0.1) is 0 Å². The summed E-state index contributed by atoms with van der Waals surface area (Å²) in [6.07, 6.45) is 0.678. The maximum absolute atomic E-state index is 12.7. The Labute approximate surface area is 152 Å². The zero-order valence-electron chi connectivity index (χ0n) is 14.6. The molecule has 26 heavy (non-hydrogen) atoms. The van der Waals surface area contributed by atoms with Gasteiger partial charge < -0.3 is 14.8 Å². The second kappa shape index (κ2) is 6.92. The summed E-state index contributed by atoms with van der Waals surface area (Å²) in [5.41, 5.74) is 4.26. The fraction of sp³-hybridized carbons (Fsp3) is 0.333. The summed E-state index contributed by atoms with van der Waals surface area (Å²) in [6, 6.07) is 15.3. The Morgan fingerprint density at radius 1 is 1.08 bits per heavy atom. The van der Waals surface area contributed by atoms with Crippen LogP contribution in [-0.4, -0.2) is 38.2 Å². The highest BCUT2D eigenvalue weighted by atomic mass is 16.5. The molecule has 134 valence electrons. The zero-order valence-corrected chi connectivity index (χ0v) is 14.6. The van der Waals surface area contributed by atoms with E-state index in [0.29, 0.717) is 19.6 Å². The summed E-state index contributed by atoms with van der Waals surface area (Å²) in [4.78, 5) is 25.3. The van der Waals surface area contributed by atoms with Crippen molar-refractivity contribution in [2.45, 2.75) is 18.4 Å². The van der Waals surface area contributed by atoms with Crippen LogP contribution in [0.4, 0.5) is 0 Å². The van der Waals surface area contributed by atoms with Crippen LogP contribution in [0.3, 0.4) is 0 Å². The standard InChI is InChI=1S/C21H21NO4/c1-25-21(24)19(22-20(23)13-10-11-26-12-13)18-16-8-4-2-6-14(16)15-7-3-5-9-17(15)18/h2-9,13,18-19H,10-12H2,1H3,(H,22,23)/t13-,19-/m1/s1. The number of carbonyl (C=O) groups is 2. The first-order valence-corrected chi connectivity index (χ1v) is 8.85. The summed E-state index contributed by atoms with van der Waals surface area (Å²) in [7, 11) is 1.35. The molecule has 0 saturated carbocycles. The Hall–Kier alpha value is -2.66. The lowest BCUT2D eigenvalue weighted by molar-refractivity contribution is -0.146. The Morgan fingerprint density at radius 3 is 2.23 bits per heavy atom. The Bertz CT molecular complexity index is 796.